The molecule has 1 unspecified atom stereocenters. The van der Waals surface area contributed by atoms with E-state index >= 15 is 0 Å². The number of hydrogen-bond donors (Lipinski definition) is 1. The zero-order valence-corrected chi connectivity index (χ0v) is 14.1. The van der Waals surface area contributed by atoms with Crippen LogP contribution in [0.25, 0.3) is 0 Å². The van der Waals surface area contributed by atoms with Crippen LogP contribution in [-0.4, -0.2) is 37.5 Å². The van der Waals surface area contributed by atoms with Crippen molar-refractivity contribution in [3.8, 4) is 0 Å². The predicted molar refractivity (Wildman–Crippen MR) is 84.4 cm³/mol. The van der Waals surface area contributed by atoms with Gasteiger partial charge < -0.3 is 10.2 Å². The minimum atomic E-state index is 0.128. The maximum absolute atomic E-state index is 12.5. The van der Waals surface area contributed by atoms with Crippen molar-refractivity contribution in [1.82, 2.24) is 10.2 Å². The molecule has 1 amide bonds. The molecule has 1 saturated heterocycles. The van der Waals surface area contributed by atoms with Gasteiger partial charge in [0.05, 0.1) is 0 Å². The lowest BCUT2D eigenvalue weighted by Crippen LogP contribution is -2.42. The molecule has 19 heavy (non-hydrogen) atoms. The number of amides is 1. The van der Waals surface area contributed by atoms with E-state index in [1.165, 1.54) is 6.42 Å². The van der Waals surface area contributed by atoms with Gasteiger partial charge >= 0.3 is 0 Å². The van der Waals surface area contributed by atoms with Crippen molar-refractivity contribution >= 4 is 37.8 Å². The first kappa shape index (κ1) is 15.0. The van der Waals surface area contributed by atoms with Crippen LogP contribution in [0.4, 0.5) is 0 Å². The smallest absolute Gasteiger partial charge is 0.253 e. The first-order chi connectivity index (χ1) is 9.10. The molecule has 104 valence electrons. The van der Waals surface area contributed by atoms with E-state index in [9.17, 15) is 4.79 Å². The Morgan fingerprint density at radius 3 is 2.68 bits per heavy atom. The van der Waals surface area contributed by atoms with Crippen molar-refractivity contribution in [1.29, 1.82) is 0 Å². The molecule has 0 aliphatic carbocycles. The van der Waals surface area contributed by atoms with E-state index in [1.807, 2.05) is 30.1 Å². The van der Waals surface area contributed by atoms with Gasteiger partial charge in [0.2, 0.25) is 0 Å². The van der Waals surface area contributed by atoms with Crippen LogP contribution in [0.2, 0.25) is 0 Å². The number of halogens is 2. The van der Waals surface area contributed by atoms with Crippen molar-refractivity contribution in [2.24, 2.45) is 5.92 Å². The van der Waals surface area contributed by atoms with E-state index < -0.39 is 0 Å². The average molecular weight is 390 g/mol. The second-order valence-corrected chi connectivity index (χ2v) is 6.81. The van der Waals surface area contributed by atoms with Crippen LogP contribution in [0.1, 0.15) is 23.2 Å². The third-order valence-electron chi connectivity index (χ3n) is 3.41. The second kappa shape index (κ2) is 6.86. The fraction of sp³-hybridized carbons (Fsp3) is 0.500. The van der Waals surface area contributed by atoms with Gasteiger partial charge in [-0.15, -0.1) is 0 Å². The normalized spacial score (nSPS) is 19.5. The van der Waals surface area contributed by atoms with Crippen LogP contribution >= 0.6 is 31.9 Å². The zero-order valence-electron chi connectivity index (χ0n) is 11.0. The zero-order chi connectivity index (χ0) is 13.8. The van der Waals surface area contributed by atoms with Crippen LogP contribution in [0.3, 0.4) is 0 Å². The first-order valence-electron chi connectivity index (χ1n) is 6.50. The van der Waals surface area contributed by atoms with E-state index in [0.717, 1.165) is 40.6 Å². The molecule has 0 radical (unpaired) electrons. The highest BCUT2D eigenvalue weighted by molar-refractivity contribution is 9.11. The molecule has 1 aliphatic heterocycles. The molecular weight excluding hydrogens is 372 g/mol. The van der Waals surface area contributed by atoms with Crippen molar-refractivity contribution in [3.63, 3.8) is 0 Å². The number of benzene rings is 1. The number of carbonyl (C=O) groups excluding carboxylic acids is 1. The monoisotopic (exact) mass is 388 g/mol. The molecule has 1 N–H and O–H groups in total. The lowest BCUT2D eigenvalue weighted by atomic mass is 9.97. The van der Waals surface area contributed by atoms with Gasteiger partial charge in [0, 0.05) is 27.6 Å². The van der Waals surface area contributed by atoms with Gasteiger partial charge in [-0.25, -0.2) is 0 Å². The second-order valence-electron chi connectivity index (χ2n) is 4.98. The molecule has 0 aromatic heterocycles. The molecule has 2 rings (SSSR count). The molecule has 1 atom stereocenters. The Balaban J connectivity index is 2.10. The molecule has 1 heterocycles. The van der Waals surface area contributed by atoms with Gasteiger partial charge in [-0.3, -0.25) is 4.79 Å². The Kier molecular flexibility index (Phi) is 5.42. The standard InChI is InChI=1S/C14H18Br2N2O/c1-17-8-10-3-2-4-18(9-10)14(19)11-5-12(15)7-13(16)6-11/h5-7,10,17H,2-4,8-9H2,1H3. The topological polar surface area (TPSA) is 32.3 Å². The summed E-state index contributed by atoms with van der Waals surface area (Å²) in [5.41, 5.74) is 0.742. The van der Waals surface area contributed by atoms with Crippen molar-refractivity contribution in [3.05, 3.63) is 32.7 Å². The highest BCUT2D eigenvalue weighted by Gasteiger charge is 2.24. The summed E-state index contributed by atoms with van der Waals surface area (Å²) in [4.78, 5) is 14.5. The molecule has 1 aliphatic rings. The van der Waals surface area contributed by atoms with E-state index in [1.54, 1.807) is 0 Å². The molecular formula is C14H18Br2N2O. The van der Waals surface area contributed by atoms with E-state index in [-0.39, 0.29) is 5.91 Å². The number of carbonyl (C=O) groups is 1. The van der Waals surface area contributed by atoms with Crippen molar-refractivity contribution < 1.29 is 4.79 Å². The Morgan fingerprint density at radius 1 is 1.37 bits per heavy atom. The summed E-state index contributed by atoms with van der Waals surface area (Å²) >= 11 is 6.86. The van der Waals surface area contributed by atoms with Gasteiger partial charge in [0.15, 0.2) is 0 Å². The predicted octanol–water partition coefficient (Wildman–Crippen LogP) is 3.28. The molecule has 1 aromatic carbocycles. The summed E-state index contributed by atoms with van der Waals surface area (Å²) in [7, 11) is 1.96. The van der Waals surface area contributed by atoms with Gasteiger partial charge in [-0.2, -0.15) is 0 Å². The molecule has 0 saturated carbocycles. The maximum atomic E-state index is 12.5. The average Bonchev–Trinajstić information content (AvgIpc) is 2.37. The first-order valence-corrected chi connectivity index (χ1v) is 8.08. The van der Waals surface area contributed by atoms with E-state index in [4.69, 9.17) is 0 Å². The minimum absolute atomic E-state index is 0.128. The number of nitrogens with one attached hydrogen (secondary N) is 1. The van der Waals surface area contributed by atoms with Crippen LogP contribution in [0.15, 0.2) is 27.1 Å². The van der Waals surface area contributed by atoms with Gasteiger partial charge in [-0.1, -0.05) is 31.9 Å². The summed E-state index contributed by atoms with van der Waals surface area (Å²) in [6, 6.07) is 5.71. The van der Waals surface area contributed by atoms with Gasteiger partial charge in [0.1, 0.15) is 0 Å². The minimum Gasteiger partial charge on any atom is -0.338 e. The van der Waals surface area contributed by atoms with Crippen LogP contribution in [0, 0.1) is 5.92 Å². The third kappa shape index (κ3) is 4.04. The maximum Gasteiger partial charge on any atom is 0.253 e. The number of piperidine rings is 1. The van der Waals surface area contributed by atoms with Crippen molar-refractivity contribution in [2.45, 2.75) is 12.8 Å². The summed E-state index contributed by atoms with van der Waals surface area (Å²) in [5.74, 6) is 0.695. The molecule has 0 spiro atoms. The fourth-order valence-corrected chi connectivity index (χ4v) is 3.86. The number of likely N-dealkylation sites (tertiary alicyclic amines) is 1. The number of nitrogens with zero attached hydrogens (tertiary/aromatic N) is 1. The van der Waals surface area contributed by atoms with Crippen LogP contribution in [-0.2, 0) is 0 Å². The summed E-state index contributed by atoms with van der Waals surface area (Å²) in [6.45, 7) is 2.69. The number of rotatable bonds is 3. The largest absolute Gasteiger partial charge is 0.338 e. The van der Waals surface area contributed by atoms with Crippen LogP contribution < -0.4 is 5.32 Å². The third-order valence-corrected chi connectivity index (χ3v) is 4.32. The summed E-state index contributed by atoms with van der Waals surface area (Å²) < 4.78 is 1.85. The fourth-order valence-electron chi connectivity index (χ4n) is 2.56. The molecule has 3 nitrogen and oxygen atoms in total. The number of hydrogen-bond acceptors (Lipinski definition) is 2. The Bertz CT molecular complexity index is 443. The SMILES string of the molecule is CNCC1CCCN(C(=O)c2cc(Br)cc(Br)c2)C1. The van der Waals surface area contributed by atoms with Crippen LogP contribution in [0.5, 0.6) is 0 Å². The summed E-state index contributed by atoms with van der Waals surface area (Å²) in [6.07, 6.45) is 2.29. The van der Waals surface area contributed by atoms with E-state index in [2.05, 4.69) is 37.2 Å². The molecule has 1 fully saturated rings. The van der Waals surface area contributed by atoms with E-state index in [0.29, 0.717) is 5.92 Å². The highest BCUT2D eigenvalue weighted by atomic mass is 79.9. The molecule has 1 aromatic rings. The lowest BCUT2D eigenvalue weighted by molar-refractivity contribution is 0.0674. The Morgan fingerprint density at radius 2 is 2.05 bits per heavy atom. The Hall–Kier alpha value is -0.390. The quantitative estimate of drug-likeness (QED) is 0.860. The Labute approximate surface area is 131 Å². The lowest BCUT2D eigenvalue weighted by Gasteiger charge is -2.32. The van der Waals surface area contributed by atoms with Gasteiger partial charge in [0.25, 0.3) is 5.91 Å². The molecule has 0 bridgehead atoms. The highest BCUT2D eigenvalue weighted by Crippen LogP contribution is 2.23. The summed E-state index contributed by atoms with van der Waals surface area (Å²) in [5, 5.41) is 3.20. The van der Waals surface area contributed by atoms with Crippen molar-refractivity contribution in [2.75, 3.05) is 26.7 Å². The molecule has 5 heteroatoms. The van der Waals surface area contributed by atoms with Gasteiger partial charge in [-0.05, 0) is 50.6 Å².